The summed E-state index contributed by atoms with van der Waals surface area (Å²) in [5, 5.41) is 20.3. The summed E-state index contributed by atoms with van der Waals surface area (Å²) in [4.78, 5) is 39.9. The second-order valence-electron chi connectivity index (χ2n) is 8.14. The predicted molar refractivity (Wildman–Crippen MR) is 107 cm³/mol. The van der Waals surface area contributed by atoms with Gasteiger partial charge in [0.1, 0.15) is 5.60 Å². The van der Waals surface area contributed by atoms with Gasteiger partial charge in [-0.3, -0.25) is 14.5 Å². The number of rotatable bonds is 8. The maximum atomic E-state index is 13.4. The highest BCUT2D eigenvalue weighted by Gasteiger charge is 2.72. The fraction of sp³-hybridized carbons (Fsp3) is 0.500. The Morgan fingerprint density at radius 1 is 1.20 bits per heavy atom. The molecule has 30 heavy (non-hydrogen) atoms. The molecule has 3 heterocycles. The molecule has 2 amide bonds. The topological polar surface area (TPSA) is 104 Å². The lowest BCUT2D eigenvalue weighted by molar-refractivity contribution is -0.146. The van der Waals surface area contributed by atoms with Crippen molar-refractivity contribution in [2.45, 2.75) is 50.9 Å². The van der Waals surface area contributed by atoms with E-state index in [0.29, 0.717) is 17.9 Å². The summed E-state index contributed by atoms with van der Waals surface area (Å²) in [5.41, 5.74) is -0.435. The van der Waals surface area contributed by atoms with Gasteiger partial charge in [0.05, 0.1) is 36.7 Å². The van der Waals surface area contributed by atoms with Gasteiger partial charge >= 0.3 is 5.97 Å². The van der Waals surface area contributed by atoms with Crippen molar-refractivity contribution in [1.29, 1.82) is 0 Å². The van der Waals surface area contributed by atoms with Gasteiger partial charge in [-0.25, -0.2) is 4.79 Å². The Balaban J connectivity index is 1.71. The molecule has 1 aromatic carbocycles. The molecule has 2 bridgehead atoms. The number of imide groups is 1. The van der Waals surface area contributed by atoms with Crippen LogP contribution >= 0.6 is 11.6 Å². The van der Waals surface area contributed by atoms with Crippen molar-refractivity contribution in [2.75, 3.05) is 6.61 Å². The van der Waals surface area contributed by atoms with Gasteiger partial charge in [-0.2, -0.15) is 0 Å². The average Bonchev–Trinajstić information content (AvgIpc) is 3.31. The third-order valence-electron chi connectivity index (χ3n) is 6.49. The maximum absolute atomic E-state index is 13.4. The van der Waals surface area contributed by atoms with Crippen LogP contribution in [0, 0.1) is 11.8 Å². The number of amides is 2. The Hall–Kier alpha value is -2.22. The van der Waals surface area contributed by atoms with E-state index >= 15 is 0 Å². The summed E-state index contributed by atoms with van der Waals surface area (Å²) < 4.78 is 6.11. The Morgan fingerprint density at radius 3 is 2.50 bits per heavy atom. The molecule has 2 N–H and O–H groups in total. The minimum Gasteiger partial charge on any atom is -0.478 e. The summed E-state index contributed by atoms with van der Waals surface area (Å²) in [6, 6.07) is 6.88. The summed E-state index contributed by atoms with van der Waals surface area (Å²) in [7, 11) is 0. The van der Waals surface area contributed by atoms with E-state index in [1.54, 1.807) is 24.3 Å². The van der Waals surface area contributed by atoms with E-state index in [4.69, 9.17) is 16.3 Å². The summed E-state index contributed by atoms with van der Waals surface area (Å²) in [6.45, 7) is 1.61. The van der Waals surface area contributed by atoms with E-state index in [2.05, 4.69) is 0 Å². The SMILES string of the molecule is CCCCCC12OC(C(CO)=C1C(=O)O)C1C(=O)N(Cc3ccc(Cl)cc3)C(=O)C12. The van der Waals surface area contributed by atoms with Crippen molar-refractivity contribution in [3.63, 3.8) is 0 Å². The molecule has 0 saturated carbocycles. The number of carbonyl (C=O) groups is 3. The Morgan fingerprint density at radius 2 is 1.90 bits per heavy atom. The number of hydrogen-bond donors (Lipinski definition) is 2. The molecule has 0 spiro atoms. The van der Waals surface area contributed by atoms with E-state index in [1.165, 1.54) is 4.90 Å². The highest BCUT2D eigenvalue weighted by atomic mass is 35.5. The molecule has 4 rings (SSSR count). The van der Waals surface area contributed by atoms with E-state index in [9.17, 15) is 24.6 Å². The van der Waals surface area contributed by atoms with Crippen molar-refractivity contribution in [1.82, 2.24) is 4.90 Å². The van der Waals surface area contributed by atoms with Gasteiger partial charge in [-0.1, -0.05) is 49.9 Å². The number of unbranched alkanes of at least 4 members (excludes halogenated alkanes) is 2. The van der Waals surface area contributed by atoms with E-state index in [1.807, 2.05) is 6.92 Å². The molecule has 2 fully saturated rings. The maximum Gasteiger partial charge on any atom is 0.334 e. The van der Waals surface area contributed by atoms with Crippen LogP contribution in [-0.2, 0) is 25.7 Å². The van der Waals surface area contributed by atoms with Crippen LogP contribution in [0.15, 0.2) is 35.4 Å². The van der Waals surface area contributed by atoms with Gasteiger partial charge in [-0.15, -0.1) is 0 Å². The second kappa shape index (κ2) is 7.80. The van der Waals surface area contributed by atoms with Gasteiger partial charge in [0.15, 0.2) is 0 Å². The number of nitrogens with zero attached hydrogens (tertiary/aromatic N) is 1. The monoisotopic (exact) mass is 433 g/mol. The molecule has 2 saturated heterocycles. The lowest BCUT2D eigenvalue weighted by Crippen LogP contribution is -2.46. The standard InChI is InChI=1S/C22H24ClNO6/c1-2-3-4-9-22-16(21(28)29)14(11-25)18(30-22)15-17(22)20(27)24(19(15)26)10-12-5-7-13(23)8-6-12/h5-8,15,17-18,25H,2-4,9-11H2,1H3,(H,28,29). The van der Waals surface area contributed by atoms with Crippen LogP contribution in [0.25, 0.3) is 0 Å². The first-order valence-corrected chi connectivity index (χ1v) is 10.6. The third-order valence-corrected chi connectivity index (χ3v) is 6.74. The quantitative estimate of drug-likeness (QED) is 0.482. The zero-order valence-electron chi connectivity index (χ0n) is 16.6. The van der Waals surface area contributed by atoms with Crippen LogP contribution in [-0.4, -0.2) is 51.2 Å². The molecule has 4 atom stereocenters. The number of halogens is 1. The van der Waals surface area contributed by atoms with Crippen LogP contribution in [0.4, 0.5) is 0 Å². The van der Waals surface area contributed by atoms with Crippen LogP contribution < -0.4 is 0 Å². The number of carboxylic acid groups (broad SMARTS) is 1. The lowest BCUT2D eigenvalue weighted by atomic mass is 9.67. The number of ether oxygens (including phenoxy) is 1. The van der Waals surface area contributed by atoms with Crippen LogP contribution in [0.1, 0.15) is 38.2 Å². The minimum atomic E-state index is -1.37. The number of carbonyl (C=O) groups excluding carboxylic acids is 2. The highest BCUT2D eigenvalue weighted by molar-refractivity contribution is 6.30. The zero-order chi connectivity index (χ0) is 21.6. The van der Waals surface area contributed by atoms with Crippen LogP contribution in [0.5, 0.6) is 0 Å². The van der Waals surface area contributed by atoms with Gasteiger partial charge in [-0.05, 0) is 29.7 Å². The number of likely N-dealkylation sites (tertiary alicyclic amines) is 1. The van der Waals surface area contributed by atoms with Crippen LogP contribution in [0.2, 0.25) is 5.02 Å². The Bertz CT molecular complexity index is 926. The molecule has 0 aliphatic carbocycles. The molecular formula is C22H24ClNO6. The van der Waals surface area contributed by atoms with Crippen molar-refractivity contribution in [2.24, 2.45) is 11.8 Å². The van der Waals surface area contributed by atoms with Crippen molar-refractivity contribution in [3.05, 3.63) is 46.0 Å². The fourth-order valence-electron chi connectivity index (χ4n) is 5.23. The van der Waals surface area contributed by atoms with Gasteiger partial charge in [0.2, 0.25) is 11.8 Å². The molecule has 3 aliphatic rings. The number of aliphatic hydroxyl groups is 1. The molecule has 4 unspecified atom stereocenters. The van der Waals surface area contributed by atoms with Gasteiger partial charge in [0, 0.05) is 5.02 Å². The van der Waals surface area contributed by atoms with Gasteiger partial charge < -0.3 is 14.9 Å². The predicted octanol–water partition coefficient (Wildman–Crippen LogP) is 2.55. The largest absolute Gasteiger partial charge is 0.478 e. The lowest BCUT2D eigenvalue weighted by Gasteiger charge is -2.33. The first kappa shape index (κ1) is 21.0. The second-order valence-corrected chi connectivity index (χ2v) is 8.58. The fourth-order valence-corrected chi connectivity index (χ4v) is 5.35. The number of benzene rings is 1. The smallest absolute Gasteiger partial charge is 0.334 e. The normalized spacial score (nSPS) is 29.8. The van der Waals surface area contributed by atoms with E-state index < -0.39 is 42.0 Å². The number of carboxylic acids is 1. The minimum absolute atomic E-state index is 0.0400. The number of hydrogen-bond acceptors (Lipinski definition) is 5. The summed E-state index contributed by atoms with van der Waals surface area (Å²) in [5.74, 6) is -3.66. The zero-order valence-corrected chi connectivity index (χ0v) is 17.4. The molecule has 3 aliphatic heterocycles. The summed E-state index contributed by atoms with van der Waals surface area (Å²) >= 11 is 5.92. The highest BCUT2D eigenvalue weighted by Crippen LogP contribution is 2.59. The Kier molecular flexibility index (Phi) is 5.46. The molecule has 8 heteroatoms. The number of aliphatic carboxylic acids is 1. The van der Waals surface area contributed by atoms with Crippen molar-refractivity contribution in [3.8, 4) is 0 Å². The number of fused-ring (bicyclic) bond motifs is 5. The van der Waals surface area contributed by atoms with E-state index in [0.717, 1.165) is 18.4 Å². The average molecular weight is 434 g/mol. The van der Waals surface area contributed by atoms with Crippen molar-refractivity contribution >= 4 is 29.4 Å². The third kappa shape index (κ3) is 2.99. The number of aliphatic hydroxyl groups excluding tert-OH is 1. The summed E-state index contributed by atoms with van der Waals surface area (Å²) in [6.07, 6.45) is 1.89. The first-order valence-electron chi connectivity index (χ1n) is 10.2. The molecular weight excluding hydrogens is 410 g/mol. The van der Waals surface area contributed by atoms with E-state index in [-0.39, 0.29) is 23.6 Å². The molecule has 1 aromatic rings. The molecule has 0 radical (unpaired) electrons. The Labute approximate surface area is 179 Å². The molecule has 0 aromatic heterocycles. The first-order chi connectivity index (χ1) is 14.4. The van der Waals surface area contributed by atoms with Crippen molar-refractivity contribution < 1.29 is 29.3 Å². The van der Waals surface area contributed by atoms with Crippen LogP contribution in [0.3, 0.4) is 0 Å². The molecule has 7 nitrogen and oxygen atoms in total. The molecule has 160 valence electrons. The van der Waals surface area contributed by atoms with Gasteiger partial charge in [0.25, 0.3) is 0 Å².